The average Bonchev–Trinajstić information content (AvgIpc) is 3.35. The number of esters is 5. The molecule has 3 fully saturated rings. The molecular weight excluding hydrogens is 987 g/mol. The number of nitrogens with zero attached hydrogens (tertiary/aromatic N) is 3. The second-order valence-electron chi connectivity index (χ2n) is 21.4. The number of hydrogen-bond donors (Lipinski definition) is 1. The van der Waals surface area contributed by atoms with Gasteiger partial charge in [-0.15, -0.1) is 0 Å². The number of aliphatic hydroxyl groups is 1. The molecule has 0 aliphatic carbocycles. The van der Waals surface area contributed by atoms with Gasteiger partial charge >= 0.3 is 29.8 Å². The van der Waals surface area contributed by atoms with Crippen molar-refractivity contribution in [3.05, 3.63) is 35.9 Å². The molecule has 1 N–H and O–H groups in total. The van der Waals surface area contributed by atoms with Gasteiger partial charge in [0.15, 0.2) is 24.3 Å². The monoisotopic (exact) mass is 1080 g/mol. The number of carbonyl (C=O) groups is 5. The number of likely N-dealkylation sites (N-methyl/N-ethyl adjacent to an activating group) is 2. The average molecular weight is 1080 g/mol. The molecule has 3 saturated heterocycles. The highest BCUT2D eigenvalue weighted by molar-refractivity contribution is 5.73. The van der Waals surface area contributed by atoms with Crippen molar-refractivity contribution in [1.29, 1.82) is 0 Å². The number of methoxy groups -OCH3 is 3. The second-order valence-corrected chi connectivity index (χ2v) is 21.4. The van der Waals surface area contributed by atoms with Crippen LogP contribution in [-0.4, -0.2) is 197 Å². The van der Waals surface area contributed by atoms with E-state index in [1.807, 2.05) is 50.9 Å². The molecule has 3 aliphatic heterocycles. The summed E-state index contributed by atoms with van der Waals surface area (Å²) in [5, 5.41) is 17.4. The SMILES string of the molecule is CCC(=O)O[C@@H]1CC(=O)O[C@H](C)CCN(CCCCc2ccccc2)N(C)C[C@H](OC(C)=O)[C@H](C)C[C@H](CC(OC)OC)[C@H]([C@@H]2O[C@H](C)[C@@H](O[C@H]3C[C@@](C)(OC(C)=O)[C@@H](OC(=O)CC)[C@H](C)O3)[C@H](N(C)C)[C@H]2O)[C@@H]1OC. The molecule has 20 heteroatoms. The van der Waals surface area contributed by atoms with E-state index in [4.69, 9.17) is 52.1 Å². The van der Waals surface area contributed by atoms with Crippen LogP contribution in [0.3, 0.4) is 0 Å². The van der Waals surface area contributed by atoms with Crippen molar-refractivity contribution in [1.82, 2.24) is 14.9 Å². The maximum Gasteiger partial charge on any atom is 0.309 e. The summed E-state index contributed by atoms with van der Waals surface area (Å²) in [7, 11) is 10.1. The van der Waals surface area contributed by atoms with Crippen molar-refractivity contribution < 1.29 is 81.2 Å². The van der Waals surface area contributed by atoms with Crippen molar-refractivity contribution in [2.45, 2.75) is 212 Å². The Labute approximate surface area is 452 Å². The minimum Gasteiger partial charge on any atom is -0.463 e. The molecule has 0 aromatic heterocycles. The molecule has 434 valence electrons. The molecule has 1 aromatic rings. The molecule has 3 heterocycles. The normalized spacial score (nSPS) is 33.8. The zero-order valence-electron chi connectivity index (χ0n) is 48.1. The van der Waals surface area contributed by atoms with Crippen molar-refractivity contribution in [2.75, 3.05) is 62.1 Å². The van der Waals surface area contributed by atoms with Crippen molar-refractivity contribution in [3.63, 3.8) is 0 Å². The third-order valence-electron chi connectivity index (χ3n) is 15.2. The number of carbonyl (C=O) groups excluding carboxylic acids is 5. The smallest absolute Gasteiger partial charge is 0.309 e. The molecule has 0 radical (unpaired) electrons. The predicted molar refractivity (Wildman–Crippen MR) is 280 cm³/mol. The number of unbranched alkanes of at least 4 members (excludes halogenated alkanes) is 1. The fraction of sp³-hybridized carbons (Fsp3) is 0.804. The molecule has 3 aliphatic rings. The van der Waals surface area contributed by atoms with Gasteiger partial charge in [0, 0.05) is 86.9 Å². The van der Waals surface area contributed by atoms with Crippen LogP contribution in [0.25, 0.3) is 0 Å². The molecule has 0 spiro atoms. The molecule has 0 unspecified atom stereocenters. The lowest BCUT2D eigenvalue weighted by atomic mass is 9.70. The summed E-state index contributed by atoms with van der Waals surface area (Å²) >= 11 is 0. The van der Waals surface area contributed by atoms with E-state index in [9.17, 15) is 29.1 Å². The number of cyclic esters (lactones) is 1. The van der Waals surface area contributed by atoms with Gasteiger partial charge in [-0.25, -0.2) is 10.0 Å². The van der Waals surface area contributed by atoms with Gasteiger partial charge in [-0.1, -0.05) is 51.1 Å². The molecule has 0 amide bonds. The highest BCUT2D eigenvalue weighted by Crippen LogP contribution is 2.44. The number of aliphatic hydroxyl groups excluding tert-OH is 1. The fourth-order valence-corrected chi connectivity index (χ4v) is 11.4. The number of rotatable bonds is 20. The summed E-state index contributed by atoms with van der Waals surface area (Å²) in [5.74, 6) is -4.50. The van der Waals surface area contributed by atoms with Crippen LogP contribution in [0.2, 0.25) is 0 Å². The summed E-state index contributed by atoms with van der Waals surface area (Å²) in [5.41, 5.74) is -0.0787. The molecule has 16 atom stereocenters. The van der Waals surface area contributed by atoms with Gasteiger partial charge in [0.1, 0.15) is 30.5 Å². The Morgan fingerprint density at radius 3 is 2.12 bits per heavy atom. The molecule has 20 nitrogen and oxygen atoms in total. The van der Waals surface area contributed by atoms with E-state index in [2.05, 4.69) is 22.2 Å². The number of hydrogen-bond acceptors (Lipinski definition) is 20. The number of aryl methyl sites for hydroxylation is 1. The molecule has 1 aromatic carbocycles. The maximum atomic E-state index is 14.2. The van der Waals surface area contributed by atoms with Gasteiger partial charge in [0.05, 0.1) is 43.4 Å². The van der Waals surface area contributed by atoms with Crippen molar-refractivity contribution in [3.8, 4) is 0 Å². The lowest BCUT2D eigenvalue weighted by Gasteiger charge is -2.53. The Morgan fingerprint density at radius 1 is 0.868 bits per heavy atom. The van der Waals surface area contributed by atoms with Gasteiger partial charge in [-0.05, 0) is 91.3 Å². The van der Waals surface area contributed by atoms with Crippen LogP contribution in [0.1, 0.15) is 126 Å². The summed E-state index contributed by atoms with van der Waals surface area (Å²) in [6, 6.07) is 9.53. The molecule has 76 heavy (non-hydrogen) atoms. The van der Waals surface area contributed by atoms with Crippen molar-refractivity contribution in [2.24, 2.45) is 17.8 Å². The second kappa shape index (κ2) is 31.1. The topological polar surface area (TPSA) is 217 Å². The van der Waals surface area contributed by atoms with Crippen LogP contribution in [0.15, 0.2) is 30.3 Å². The number of hydrazine groups is 1. The fourth-order valence-electron chi connectivity index (χ4n) is 11.4. The standard InChI is InChI=1S/C56H93N3O17/c1-16-44(62)73-42-31-46(64)69-35(4)26-28-59(27-22-21-25-40-23-19-18-20-24-40)58(12)33-43(72-38(7)60)34(3)29-41(30-47(66-13)67-14)49(53(42)68-15)54-51(65)50(57(10)11)52(36(5)71-54)75-48-32-56(9,76-39(8)61)55(37(6)70-48)74-45(63)17-2/h18-20,23-24,34-37,41-43,47-55,65H,16-17,21-22,25-33H2,1-15H3/t34-,35-,36-,37+,41-,42-,43+,48+,49+,50-,51-,52-,53-,54+,55+,56-/m1/s1. The van der Waals surface area contributed by atoms with E-state index < -0.39 is 127 Å². The van der Waals surface area contributed by atoms with Crippen LogP contribution in [0.4, 0.5) is 0 Å². The van der Waals surface area contributed by atoms with Crippen LogP contribution in [0, 0.1) is 17.8 Å². The summed E-state index contributed by atoms with van der Waals surface area (Å²) in [6.45, 7) is 16.6. The molecule has 0 saturated carbocycles. The zero-order chi connectivity index (χ0) is 56.4. The van der Waals surface area contributed by atoms with Crippen LogP contribution >= 0.6 is 0 Å². The number of benzene rings is 1. The number of ether oxygens (including phenoxy) is 11. The first-order chi connectivity index (χ1) is 36.0. The third kappa shape index (κ3) is 18.6. The minimum atomic E-state index is -1.36. The summed E-state index contributed by atoms with van der Waals surface area (Å²) in [4.78, 5) is 67.7. The van der Waals surface area contributed by atoms with E-state index in [0.717, 1.165) is 19.3 Å². The Kier molecular flexibility index (Phi) is 26.5. The molecule has 4 rings (SSSR count). The van der Waals surface area contributed by atoms with Crippen LogP contribution < -0.4 is 0 Å². The lowest BCUT2D eigenvalue weighted by Crippen LogP contribution is -2.67. The van der Waals surface area contributed by atoms with Gasteiger partial charge in [0.2, 0.25) is 0 Å². The maximum absolute atomic E-state index is 14.2. The van der Waals surface area contributed by atoms with Gasteiger partial charge in [0.25, 0.3) is 0 Å². The van der Waals surface area contributed by atoms with Gasteiger partial charge in [-0.2, -0.15) is 0 Å². The van der Waals surface area contributed by atoms with Gasteiger partial charge < -0.3 is 62.1 Å². The first-order valence-corrected chi connectivity index (χ1v) is 27.3. The van der Waals surface area contributed by atoms with E-state index in [-0.39, 0.29) is 38.0 Å². The van der Waals surface area contributed by atoms with E-state index in [1.54, 1.807) is 41.8 Å². The largest absolute Gasteiger partial charge is 0.463 e. The van der Waals surface area contributed by atoms with Crippen molar-refractivity contribution >= 4 is 29.8 Å². The third-order valence-corrected chi connectivity index (χ3v) is 15.2. The van der Waals surface area contributed by atoms with E-state index in [1.165, 1.54) is 40.7 Å². The summed E-state index contributed by atoms with van der Waals surface area (Å²) in [6.07, 6.45) is -7.69. The molecule has 0 bridgehead atoms. The predicted octanol–water partition coefficient (Wildman–Crippen LogP) is 5.66. The highest BCUT2D eigenvalue weighted by atomic mass is 16.7. The zero-order valence-corrected chi connectivity index (χ0v) is 48.1. The van der Waals surface area contributed by atoms with Crippen LogP contribution in [0.5, 0.6) is 0 Å². The highest BCUT2D eigenvalue weighted by Gasteiger charge is 2.56. The molecular formula is C56H93N3O17. The quantitative estimate of drug-likeness (QED) is 0.0721. The first kappa shape index (κ1) is 64.7. The first-order valence-electron chi connectivity index (χ1n) is 27.3. The Bertz CT molecular complexity index is 1940. The summed E-state index contributed by atoms with van der Waals surface area (Å²) < 4.78 is 68.5. The van der Waals surface area contributed by atoms with Gasteiger partial charge in [-0.3, -0.25) is 24.0 Å². The van der Waals surface area contributed by atoms with Crippen LogP contribution in [-0.2, 0) is 82.5 Å². The Balaban J connectivity index is 1.84. The Hall–Kier alpha value is -3.83. The van der Waals surface area contributed by atoms with E-state index in [0.29, 0.717) is 32.5 Å². The van der Waals surface area contributed by atoms with E-state index >= 15 is 0 Å². The lowest BCUT2D eigenvalue weighted by molar-refractivity contribution is -0.320. The Morgan fingerprint density at radius 2 is 1.53 bits per heavy atom. The minimum absolute atomic E-state index is 0.000839.